The number of nitrogens with two attached hydrogens (primary N) is 2. The summed E-state index contributed by atoms with van der Waals surface area (Å²) in [6, 6.07) is 10.4. The molecule has 2 fully saturated rings. The molecule has 7 heterocycles. The Morgan fingerprint density at radius 1 is 0.716 bits per heavy atom. The molecule has 9 rings (SSSR count). The van der Waals surface area contributed by atoms with Gasteiger partial charge in [-0.1, -0.05) is 56.5 Å². The number of alkyl halides is 6. The van der Waals surface area contributed by atoms with Crippen LogP contribution in [0.2, 0.25) is 0 Å². The lowest BCUT2D eigenvalue weighted by Crippen LogP contribution is -2.58. The second-order valence-corrected chi connectivity index (χ2v) is 22.5. The number of quaternary nitrogens is 1. The number of rotatable bonds is 15. The van der Waals surface area contributed by atoms with Crippen molar-refractivity contribution in [2.75, 3.05) is 78.0 Å². The molecule has 0 spiro atoms. The summed E-state index contributed by atoms with van der Waals surface area (Å²) >= 11 is 0. The summed E-state index contributed by atoms with van der Waals surface area (Å²) in [6.07, 6.45) is -3.72. The van der Waals surface area contributed by atoms with E-state index < -0.39 is 62.3 Å². The smallest absolute Gasteiger partial charge is 0.378 e. The molecular weight excluding hydrogens is 1070 g/mol. The zero-order valence-electron chi connectivity index (χ0n) is 45.8. The fraction of sp³-hybridized carbons (Fsp3) is 0.415. The van der Waals surface area contributed by atoms with Crippen molar-refractivity contribution in [1.29, 1.82) is 0 Å². The Labute approximate surface area is 462 Å². The van der Waals surface area contributed by atoms with Crippen molar-refractivity contribution in [1.82, 2.24) is 45.3 Å². The van der Waals surface area contributed by atoms with Gasteiger partial charge in [0.25, 0.3) is 23.5 Å². The van der Waals surface area contributed by atoms with Crippen molar-refractivity contribution in [3.8, 4) is 5.69 Å². The van der Waals surface area contributed by atoms with E-state index in [0.29, 0.717) is 56.5 Å². The van der Waals surface area contributed by atoms with Crippen molar-refractivity contribution >= 4 is 63.4 Å². The lowest BCUT2D eigenvalue weighted by Gasteiger charge is -2.40. The maximum absolute atomic E-state index is 14.6. The first-order valence-corrected chi connectivity index (χ1v) is 26.0. The number of nitrogens with one attached hydrogen (secondary N) is 4. The number of pyridine rings is 2. The molecule has 3 aromatic heterocycles. The molecule has 22 nitrogen and oxygen atoms in total. The van der Waals surface area contributed by atoms with Gasteiger partial charge in [0.1, 0.15) is 12.2 Å². The normalized spacial score (nSPS) is 17.9. The first-order valence-electron chi connectivity index (χ1n) is 26.0. The SMILES string of the molecule is Cc1ncc(Nc2cc(N3CCOCC3)cc(C(F)(F)F)c2)cc1-n1nnc(C(=O)NCC(C)(C)C)c1N1NC=C(C(N)=O)N1C1=C(C(N)=O)N=N[N+]1(CC(C)(C)C)c1cc(Nc2cc(N3CCCC3)cc(C(F)(F)F)c2)cnc1C. The molecule has 430 valence electrons. The second-order valence-electron chi connectivity index (χ2n) is 22.5. The standard InChI is InChI=1S/C53H62F6N18O4/c1-30-40(23-36(25-62-30)66-34-17-33(53(57,58)59)20-39(22-34)73-13-15-81-16-14-73)74-48(44(68-70-74)47(80)64-28-50(3,4)5)76-65-27-41(45(60)78)75(76)49-43(46(61)79)69-71-77(49,29-51(6,7)8)42-24-37(26-63-31(42)2)67-35-18-32(52(54,55)56)19-38(21-35)72-11-9-10-12-72/h17-27,66-67H,9-16,28-29H2,1-8H3,(H5-,60,61,64,65,78,79,80)/p+1. The molecule has 0 aliphatic carbocycles. The largest absolute Gasteiger partial charge is 0.416 e. The molecule has 4 aliphatic heterocycles. The molecule has 2 saturated heterocycles. The first-order chi connectivity index (χ1) is 38.0. The lowest BCUT2D eigenvalue weighted by atomic mass is 9.94. The van der Waals surface area contributed by atoms with E-state index in [1.165, 1.54) is 39.5 Å². The summed E-state index contributed by atoms with van der Waals surface area (Å²) in [7, 11) is 0. The van der Waals surface area contributed by atoms with Crippen LogP contribution in [0.25, 0.3) is 5.69 Å². The highest BCUT2D eigenvalue weighted by atomic mass is 19.4. The van der Waals surface area contributed by atoms with E-state index >= 15 is 0 Å². The molecule has 28 heteroatoms. The highest BCUT2D eigenvalue weighted by molar-refractivity contribution is 5.99. The summed E-state index contributed by atoms with van der Waals surface area (Å²) in [5.41, 5.74) is 13.4. The molecule has 0 radical (unpaired) electrons. The van der Waals surface area contributed by atoms with Gasteiger partial charge in [-0.05, 0) is 74.6 Å². The van der Waals surface area contributed by atoms with E-state index in [1.54, 1.807) is 36.9 Å². The van der Waals surface area contributed by atoms with Gasteiger partial charge >= 0.3 is 12.4 Å². The number of amides is 3. The van der Waals surface area contributed by atoms with Crippen LogP contribution in [0.15, 0.2) is 94.7 Å². The van der Waals surface area contributed by atoms with Crippen LogP contribution in [0.5, 0.6) is 0 Å². The van der Waals surface area contributed by atoms with Crippen molar-refractivity contribution in [3.63, 3.8) is 0 Å². The highest BCUT2D eigenvalue weighted by Gasteiger charge is 2.57. The number of carbonyl (C=O) groups excluding carboxylic acids is 3. The monoisotopic (exact) mass is 1130 g/mol. The highest BCUT2D eigenvalue weighted by Crippen LogP contribution is 2.47. The van der Waals surface area contributed by atoms with E-state index in [2.05, 4.69) is 46.8 Å². The van der Waals surface area contributed by atoms with Gasteiger partial charge < -0.3 is 42.0 Å². The molecule has 0 bridgehead atoms. The number of ether oxygens (including phenoxy) is 1. The third-order valence-corrected chi connectivity index (χ3v) is 13.5. The summed E-state index contributed by atoms with van der Waals surface area (Å²) in [6.45, 7) is 17.2. The predicted molar refractivity (Wildman–Crippen MR) is 291 cm³/mol. The van der Waals surface area contributed by atoms with Crippen LogP contribution < -0.4 is 52.4 Å². The van der Waals surface area contributed by atoms with Crippen LogP contribution in [0.3, 0.4) is 0 Å². The minimum Gasteiger partial charge on any atom is -0.378 e. The Balaban J connectivity index is 1.20. The number of halogens is 6. The van der Waals surface area contributed by atoms with E-state index in [0.717, 1.165) is 37.1 Å². The second kappa shape index (κ2) is 21.5. The third-order valence-electron chi connectivity index (χ3n) is 13.5. The molecule has 4 aliphatic rings. The Hall–Kier alpha value is -8.53. The number of hydrogen-bond donors (Lipinski definition) is 6. The minimum atomic E-state index is -4.70. The minimum absolute atomic E-state index is 0.0659. The number of carbonyl (C=O) groups is 3. The number of benzene rings is 2. The van der Waals surface area contributed by atoms with Gasteiger partial charge in [-0.15, -0.1) is 5.10 Å². The molecule has 0 saturated carbocycles. The summed E-state index contributed by atoms with van der Waals surface area (Å²) in [5, 5.41) is 29.4. The quantitative estimate of drug-likeness (QED) is 0.0425. The Kier molecular flexibility index (Phi) is 15.2. The topological polar surface area (TPSA) is 255 Å². The number of morpholine rings is 1. The van der Waals surface area contributed by atoms with Crippen molar-refractivity contribution in [2.24, 2.45) is 32.6 Å². The summed E-state index contributed by atoms with van der Waals surface area (Å²) in [4.78, 5) is 55.4. The Bertz CT molecular complexity index is 3370. The molecule has 81 heavy (non-hydrogen) atoms. The van der Waals surface area contributed by atoms with Crippen LogP contribution in [-0.4, -0.2) is 100 Å². The Morgan fingerprint density at radius 3 is 1.83 bits per heavy atom. The van der Waals surface area contributed by atoms with E-state index in [1.807, 2.05) is 46.4 Å². The van der Waals surface area contributed by atoms with Crippen LogP contribution >= 0.6 is 0 Å². The zero-order valence-corrected chi connectivity index (χ0v) is 45.8. The molecule has 3 amide bonds. The molecular formula is C53H63F6N18O4+. The van der Waals surface area contributed by atoms with Crippen LogP contribution in [-0.2, 0) is 26.7 Å². The van der Waals surface area contributed by atoms with Gasteiger partial charge in [0.15, 0.2) is 17.1 Å². The fourth-order valence-electron chi connectivity index (χ4n) is 9.89. The van der Waals surface area contributed by atoms with E-state index in [4.69, 9.17) is 21.4 Å². The third kappa shape index (κ3) is 12.2. The van der Waals surface area contributed by atoms with Gasteiger partial charge in [0, 0.05) is 72.2 Å². The average Bonchev–Trinajstić information content (AvgIpc) is 4.01. The van der Waals surface area contributed by atoms with Crippen LogP contribution in [0, 0.1) is 24.7 Å². The average molecular weight is 1130 g/mol. The van der Waals surface area contributed by atoms with E-state index in [-0.39, 0.29) is 75.9 Å². The maximum Gasteiger partial charge on any atom is 0.416 e. The van der Waals surface area contributed by atoms with Gasteiger partial charge in [0.05, 0.1) is 65.7 Å². The number of hydrogen-bond acceptors (Lipinski definition) is 17. The number of anilines is 7. The maximum atomic E-state index is 14.6. The molecule has 1 atom stereocenters. The number of hydrazine groups is 2. The number of primary amides is 2. The first kappa shape index (κ1) is 57.2. The summed E-state index contributed by atoms with van der Waals surface area (Å²) < 4.78 is 92.6. The lowest BCUT2D eigenvalue weighted by molar-refractivity contribution is -0.138. The molecule has 2 aromatic carbocycles. The van der Waals surface area contributed by atoms with Crippen molar-refractivity contribution in [2.45, 2.75) is 80.6 Å². The fourth-order valence-corrected chi connectivity index (χ4v) is 9.89. The molecule has 1 unspecified atom stereocenters. The van der Waals surface area contributed by atoms with Gasteiger partial charge in [-0.2, -0.15) is 41.2 Å². The van der Waals surface area contributed by atoms with Gasteiger partial charge in [0.2, 0.25) is 11.5 Å². The van der Waals surface area contributed by atoms with E-state index in [9.17, 15) is 40.7 Å². The van der Waals surface area contributed by atoms with Gasteiger partial charge in [-0.25, -0.2) is 0 Å². The van der Waals surface area contributed by atoms with Crippen LogP contribution in [0.4, 0.5) is 72.0 Å². The Morgan fingerprint density at radius 2 is 1.28 bits per heavy atom. The number of nitrogens with zero attached hydrogens (tertiary/aromatic N) is 12. The number of aryl methyl sites for hydroxylation is 2. The zero-order chi connectivity index (χ0) is 58.6. The van der Waals surface area contributed by atoms with Gasteiger partial charge in [-0.3, -0.25) is 29.8 Å². The van der Waals surface area contributed by atoms with Crippen LogP contribution in [0.1, 0.15) is 87.4 Å². The van der Waals surface area contributed by atoms with Crippen molar-refractivity contribution < 1.29 is 45.5 Å². The van der Waals surface area contributed by atoms with Crippen molar-refractivity contribution in [3.05, 3.63) is 113 Å². The molecule has 8 N–H and O–H groups in total. The molecule has 5 aromatic rings. The summed E-state index contributed by atoms with van der Waals surface area (Å²) in [5.74, 6) is -3.36. The predicted octanol–water partition coefficient (Wildman–Crippen LogP) is 8.37. The number of aromatic nitrogens is 5.